The molecule has 2 aromatic rings. The molecule has 7 atom stereocenters. The van der Waals surface area contributed by atoms with Crippen molar-refractivity contribution in [2.75, 3.05) is 7.11 Å². The summed E-state index contributed by atoms with van der Waals surface area (Å²) >= 11 is 2.72. The molecule has 4 rings (SSSR count). The number of aliphatic hydroxyl groups is 2. The number of nitrogens with zero attached hydrogens (tertiary/aromatic N) is 2. The minimum Gasteiger partial charge on any atom is -0.457 e. The van der Waals surface area contributed by atoms with Crippen LogP contribution in [0.25, 0.3) is 6.08 Å². The van der Waals surface area contributed by atoms with E-state index in [2.05, 4.69) is 28.7 Å². The van der Waals surface area contributed by atoms with Crippen LogP contribution < -0.4 is 0 Å². The van der Waals surface area contributed by atoms with Gasteiger partial charge in [0, 0.05) is 48.0 Å². The highest BCUT2D eigenvalue weighted by molar-refractivity contribution is 7.10. The normalized spacial score (nSPS) is 28.3. The van der Waals surface area contributed by atoms with Crippen LogP contribution >= 0.6 is 22.7 Å². The van der Waals surface area contributed by atoms with Crippen molar-refractivity contribution in [3.05, 3.63) is 124 Å². The molecule has 4 bridgehead atoms. The number of esters is 2. The van der Waals surface area contributed by atoms with Crippen LogP contribution in [0, 0.1) is 22.7 Å². The number of carbonyl (C=O) groups excluding carboxylic acids is 2. The molecule has 290 valence electrons. The summed E-state index contributed by atoms with van der Waals surface area (Å²) in [4.78, 5) is 35.7. The van der Waals surface area contributed by atoms with Gasteiger partial charge >= 0.3 is 11.9 Å². The molecule has 0 spiro atoms. The molecule has 0 aromatic carbocycles. The summed E-state index contributed by atoms with van der Waals surface area (Å²) in [6.45, 7) is 13.1. The van der Waals surface area contributed by atoms with E-state index in [-0.39, 0.29) is 17.5 Å². The van der Waals surface area contributed by atoms with Gasteiger partial charge in [0.15, 0.2) is 11.4 Å². The van der Waals surface area contributed by atoms with Gasteiger partial charge in [-0.2, -0.15) is 0 Å². The predicted molar refractivity (Wildman–Crippen MR) is 217 cm³/mol. The second-order valence-electron chi connectivity index (χ2n) is 14.7. The number of aliphatic hydroxyl groups excluding tert-OH is 2. The van der Waals surface area contributed by atoms with Gasteiger partial charge in [0.1, 0.15) is 17.2 Å². The molecule has 0 unspecified atom stereocenters. The lowest BCUT2D eigenvalue weighted by atomic mass is 9.79. The molecule has 3 heterocycles. The molecule has 2 N–H and O–H groups in total. The zero-order valence-electron chi connectivity index (χ0n) is 32.0. The minimum atomic E-state index is -0.899. The van der Waals surface area contributed by atoms with E-state index in [0.717, 1.165) is 11.4 Å². The van der Waals surface area contributed by atoms with Gasteiger partial charge in [-0.25, -0.2) is 19.6 Å². The topological polar surface area (TPSA) is 128 Å². The van der Waals surface area contributed by atoms with Crippen molar-refractivity contribution in [1.29, 1.82) is 0 Å². The molecular formula is C43H54N2O7S2. The Kier molecular flexibility index (Phi) is 15.9. The molecule has 1 aliphatic carbocycles. The molecule has 54 heavy (non-hydrogen) atoms. The Hall–Kier alpha value is -4.00. The lowest BCUT2D eigenvalue weighted by molar-refractivity contribution is -0.0460. The molecule has 0 amide bonds. The van der Waals surface area contributed by atoms with Crippen LogP contribution in [0.2, 0.25) is 0 Å². The Balaban J connectivity index is 1.57. The number of cyclic esters (lactones) is 2. The first kappa shape index (κ1) is 42.7. The molecule has 1 fully saturated rings. The number of rotatable bonds is 7. The average molecular weight is 775 g/mol. The quantitative estimate of drug-likeness (QED) is 0.210. The van der Waals surface area contributed by atoms with Gasteiger partial charge in [-0.05, 0) is 31.3 Å². The number of hydrogen-bond acceptors (Lipinski definition) is 11. The van der Waals surface area contributed by atoms with Crippen molar-refractivity contribution in [2.24, 2.45) is 22.7 Å². The van der Waals surface area contributed by atoms with Crippen molar-refractivity contribution in [2.45, 2.75) is 90.8 Å². The van der Waals surface area contributed by atoms with Gasteiger partial charge in [0.05, 0.1) is 23.3 Å². The maximum atomic E-state index is 13.4. The Morgan fingerprint density at radius 2 is 1.44 bits per heavy atom. The van der Waals surface area contributed by atoms with Crippen LogP contribution in [0.3, 0.4) is 0 Å². The van der Waals surface area contributed by atoms with E-state index in [1.54, 1.807) is 30.0 Å². The van der Waals surface area contributed by atoms with E-state index in [1.165, 1.54) is 28.7 Å². The van der Waals surface area contributed by atoms with Crippen LogP contribution in [0.4, 0.5) is 0 Å². The molecule has 9 nitrogen and oxygen atoms in total. The van der Waals surface area contributed by atoms with Crippen LogP contribution in [-0.4, -0.2) is 69.7 Å². The second kappa shape index (κ2) is 20.1. The fourth-order valence-corrected chi connectivity index (χ4v) is 7.35. The highest BCUT2D eigenvalue weighted by Crippen LogP contribution is 2.41. The van der Waals surface area contributed by atoms with Crippen molar-refractivity contribution >= 4 is 40.7 Å². The minimum absolute atomic E-state index is 0.214. The van der Waals surface area contributed by atoms with Gasteiger partial charge in [-0.15, -0.1) is 29.3 Å². The van der Waals surface area contributed by atoms with Crippen LogP contribution in [0.1, 0.15) is 84.9 Å². The molecule has 2 aliphatic rings. The number of carbonyl (C=O) groups is 2. The molecule has 1 aliphatic heterocycles. The van der Waals surface area contributed by atoms with Gasteiger partial charge in [0.25, 0.3) is 0 Å². The Bertz CT molecular complexity index is 1780. The molecule has 1 saturated carbocycles. The van der Waals surface area contributed by atoms with Crippen molar-refractivity contribution in [3.8, 4) is 0 Å². The Morgan fingerprint density at radius 1 is 0.833 bits per heavy atom. The second-order valence-corrected chi connectivity index (χ2v) is 16.5. The third kappa shape index (κ3) is 12.0. The first-order chi connectivity index (χ1) is 25.8. The Labute approximate surface area is 327 Å². The van der Waals surface area contributed by atoms with Gasteiger partial charge < -0.3 is 24.4 Å². The number of methoxy groups -OCH3 is 1. The summed E-state index contributed by atoms with van der Waals surface area (Å²) < 4.78 is 17.7. The zero-order chi connectivity index (χ0) is 39.3. The smallest absolute Gasteiger partial charge is 0.358 e. The molecule has 2 aromatic heterocycles. The first-order valence-electron chi connectivity index (χ1n) is 18.3. The van der Waals surface area contributed by atoms with E-state index in [9.17, 15) is 19.8 Å². The van der Waals surface area contributed by atoms with Crippen molar-refractivity contribution in [3.63, 3.8) is 0 Å². The van der Waals surface area contributed by atoms with Crippen molar-refractivity contribution in [1.82, 2.24) is 9.97 Å². The number of hydrogen-bond donors (Lipinski definition) is 2. The molecular weight excluding hydrogens is 721 g/mol. The molecule has 11 heteroatoms. The fourth-order valence-electron chi connectivity index (χ4n) is 5.86. The monoisotopic (exact) mass is 774 g/mol. The first-order valence-corrected chi connectivity index (χ1v) is 20.0. The Morgan fingerprint density at radius 3 is 2.13 bits per heavy atom. The van der Waals surface area contributed by atoms with E-state index >= 15 is 0 Å². The summed E-state index contributed by atoms with van der Waals surface area (Å²) in [6, 6.07) is 0. The maximum absolute atomic E-state index is 13.4. The number of aromatic nitrogens is 2. The van der Waals surface area contributed by atoms with E-state index in [4.69, 9.17) is 14.2 Å². The molecule has 0 saturated heterocycles. The summed E-state index contributed by atoms with van der Waals surface area (Å²) in [5, 5.41) is 26.4. The number of thiazole rings is 2. The van der Waals surface area contributed by atoms with E-state index in [0.29, 0.717) is 36.1 Å². The average Bonchev–Trinajstić information content (AvgIpc) is 3.46. The van der Waals surface area contributed by atoms with Crippen LogP contribution in [0.5, 0.6) is 0 Å². The third-order valence-electron chi connectivity index (χ3n) is 9.93. The molecule has 0 radical (unpaired) electrons. The standard InChI is InChI=1S/C43H54N2O7S2/c1-8-18-35(47)43(5,6)37-23-17-20-30-25-29(30)19-15-16-24-38-44-32(27-53-38)40(48)51-36(42(3,4)34(46)9-2)22-14-12-10-11-13-21-31(50-7)26-39-45-33(28-54-39)41(49)52-37/h8-21,24,27-31,34-37,46-47H,2,22-23,25-26H2,1,3-7H3/b11-10-,14-12-,18-8+,19-15+,20-17-,21-13+,24-16-/t29-,30+,31+,34+,35+,36+,37+/m1/s1. The van der Waals surface area contributed by atoms with Gasteiger partial charge in [-0.3, -0.25) is 0 Å². The van der Waals surface area contributed by atoms with Crippen LogP contribution in [-0.2, 0) is 20.6 Å². The number of allylic oxidation sites excluding steroid dienone is 9. The highest BCUT2D eigenvalue weighted by atomic mass is 32.1. The number of ether oxygens (including phenoxy) is 3. The largest absolute Gasteiger partial charge is 0.457 e. The van der Waals surface area contributed by atoms with E-state index < -0.39 is 47.2 Å². The lowest BCUT2D eigenvalue weighted by Crippen LogP contribution is -2.42. The predicted octanol–water partition coefficient (Wildman–Crippen LogP) is 8.67. The van der Waals surface area contributed by atoms with Crippen molar-refractivity contribution < 1.29 is 34.0 Å². The highest BCUT2D eigenvalue weighted by Gasteiger charge is 2.39. The summed E-state index contributed by atoms with van der Waals surface area (Å²) in [6.07, 6.45) is 27.3. The lowest BCUT2D eigenvalue weighted by Gasteiger charge is -2.36. The zero-order valence-corrected chi connectivity index (χ0v) is 33.7. The third-order valence-corrected chi connectivity index (χ3v) is 11.6. The number of fused-ring (bicyclic) bond motifs is 5. The van der Waals surface area contributed by atoms with Gasteiger partial charge in [0.2, 0.25) is 0 Å². The summed E-state index contributed by atoms with van der Waals surface area (Å²) in [7, 11) is 1.62. The fraction of sp³-hybridized carbons (Fsp3) is 0.442. The SMILES string of the molecule is C=C[C@H](O)C(C)(C)[C@@H]1C\C=C/C=C\C=C\[C@H](OC)Cc2nc(cs2)C(=O)O[C@H](C(C)(C)[C@@H](O)/C=C/C)C/C=C\[C@H]2C[C@H]2/C=C/C=C\c2nc(cs2)C(=O)O1. The van der Waals surface area contributed by atoms with Crippen LogP contribution in [0.15, 0.2) is 102 Å². The van der Waals surface area contributed by atoms with Gasteiger partial charge in [-0.1, -0.05) is 113 Å². The summed E-state index contributed by atoms with van der Waals surface area (Å²) in [5.41, 5.74) is -1.13. The summed E-state index contributed by atoms with van der Waals surface area (Å²) in [5.74, 6) is -0.335. The van der Waals surface area contributed by atoms with E-state index in [1.807, 2.05) is 95.4 Å². The maximum Gasteiger partial charge on any atom is 0.358 e.